The average molecular weight is 193 g/mol. The van der Waals surface area contributed by atoms with Crippen LogP contribution in [0, 0.1) is 5.92 Å². The third-order valence-corrected chi connectivity index (χ3v) is 2.69. The topological polar surface area (TPSA) is 55.5 Å². The maximum absolute atomic E-state index is 9.58. The van der Waals surface area contributed by atoms with Crippen LogP contribution < -0.4 is 10.5 Å². The number of benzene rings is 1. The van der Waals surface area contributed by atoms with Crippen molar-refractivity contribution in [1.82, 2.24) is 0 Å². The van der Waals surface area contributed by atoms with Gasteiger partial charge >= 0.3 is 0 Å². The average Bonchev–Trinajstić information content (AvgIpc) is 2.40. The molecule has 3 nitrogen and oxygen atoms in total. The van der Waals surface area contributed by atoms with E-state index in [0.29, 0.717) is 24.8 Å². The van der Waals surface area contributed by atoms with Crippen molar-refractivity contribution in [3.8, 4) is 11.5 Å². The van der Waals surface area contributed by atoms with Gasteiger partial charge in [-0.25, -0.2) is 0 Å². The van der Waals surface area contributed by atoms with Crippen LogP contribution >= 0.6 is 0 Å². The molecule has 0 radical (unpaired) electrons. The van der Waals surface area contributed by atoms with Crippen LogP contribution in [0.3, 0.4) is 0 Å². The molecule has 0 spiro atoms. The van der Waals surface area contributed by atoms with Gasteiger partial charge in [0.25, 0.3) is 0 Å². The molecule has 0 aromatic heterocycles. The zero-order valence-electron chi connectivity index (χ0n) is 8.07. The van der Waals surface area contributed by atoms with E-state index in [4.69, 9.17) is 10.5 Å². The Hall–Kier alpha value is -1.22. The van der Waals surface area contributed by atoms with Gasteiger partial charge in [0, 0.05) is 0 Å². The van der Waals surface area contributed by atoms with Crippen LogP contribution in [0.25, 0.3) is 0 Å². The molecule has 1 unspecified atom stereocenters. The smallest absolute Gasteiger partial charge is 0.164 e. The third-order valence-electron chi connectivity index (χ3n) is 2.69. The molecular formula is C11H15NO2. The summed E-state index contributed by atoms with van der Waals surface area (Å²) in [6, 6.07) is 5.49. The number of ether oxygens (including phenoxy) is 1. The van der Waals surface area contributed by atoms with E-state index < -0.39 is 0 Å². The van der Waals surface area contributed by atoms with Gasteiger partial charge in [0.15, 0.2) is 11.5 Å². The van der Waals surface area contributed by atoms with Crippen LogP contribution in [0.4, 0.5) is 0 Å². The van der Waals surface area contributed by atoms with E-state index in [1.54, 1.807) is 6.07 Å². The number of fused-ring (bicyclic) bond motifs is 1. The molecule has 3 heteroatoms. The van der Waals surface area contributed by atoms with Crippen LogP contribution in [0.2, 0.25) is 0 Å². The predicted octanol–water partition coefficient (Wildman–Crippen LogP) is 1.29. The maximum atomic E-state index is 9.58. The van der Waals surface area contributed by atoms with E-state index >= 15 is 0 Å². The second-order valence-corrected chi connectivity index (χ2v) is 3.71. The summed E-state index contributed by atoms with van der Waals surface area (Å²) in [5.41, 5.74) is 6.72. The van der Waals surface area contributed by atoms with Crippen molar-refractivity contribution >= 4 is 0 Å². The van der Waals surface area contributed by atoms with Gasteiger partial charge in [-0.1, -0.05) is 12.1 Å². The van der Waals surface area contributed by atoms with Crippen LogP contribution in [0.1, 0.15) is 12.0 Å². The van der Waals surface area contributed by atoms with Crippen LogP contribution in [0.15, 0.2) is 18.2 Å². The highest BCUT2D eigenvalue weighted by Gasteiger charge is 2.18. The molecule has 0 aliphatic carbocycles. The van der Waals surface area contributed by atoms with E-state index in [9.17, 15) is 5.11 Å². The van der Waals surface area contributed by atoms with E-state index in [1.165, 1.54) is 0 Å². The standard InChI is InChI=1S/C11H15NO2/c12-7-8-4-5-14-11-9(6-8)2-1-3-10(11)13/h1-3,8,13H,4-7,12H2. The van der Waals surface area contributed by atoms with Crippen molar-refractivity contribution in [2.75, 3.05) is 13.2 Å². The maximum Gasteiger partial charge on any atom is 0.164 e. The molecule has 1 aromatic carbocycles. The number of hydrogen-bond donors (Lipinski definition) is 2. The molecule has 76 valence electrons. The highest BCUT2D eigenvalue weighted by molar-refractivity contribution is 5.46. The summed E-state index contributed by atoms with van der Waals surface area (Å²) in [7, 11) is 0. The summed E-state index contributed by atoms with van der Waals surface area (Å²) in [6.07, 6.45) is 1.87. The zero-order valence-corrected chi connectivity index (χ0v) is 8.07. The minimum absolute atomic E-state index is 0.236. The molecule has 1 atom stereocenters. The van der Waals surface area contributed by atoms with Gasteiger partial charge in [0.1, 0.15) is 0 Å². The highest BCUT2D eigenvalue weighted by Crippen LogP contribution is 2.34. The fourth-order valence-electron chi connectivity index (χ4n) is 1.84. The monoisotopic (exact) mass is 193 g/mol. The third kappa shape index (κ3) is 1.68. The highest BCUT2D eigenvalue weighted by atomic mass is 16.5. The van der Waals surface area contributed by atoms with Gasteiger partial charge in [0.2, 0.25) is 0 Å². The molecule has 0 bridgehead atoms. The molecule has 1 aromatic rings. The quantitative estimate of drug-likeness (QED) is 0.706. The SMILES string of the molecule is NCC1CCOc2c(O)cccc2C1. The summed E-state index contributed by atoms with van der Waals surface area (Å²) >= 11 is 0. The van der Waals surface area contributed by atoms with Crippen molar-refractivity contribution in [2.45, 2.75) is 12.8 Å². The molecule has 3 N–H and O–H groups in total. The van der Waals surface area contributed by atoms with E-state index in [0.717, 1.165) is 18.4 Å². The van der Waals surface area contributed by atoms with Gasteiger partial charge in [-0.15, -0.1) is 0 Å². The molecule has 1 aliphatic heterocycles. The molecule has 0 saturated carbocycles. The van der Waals surface area contributed by atoms with Gasteiger partial charge in [0.05, 0.1) is 6.61 Å². The van der Waals surface area contributed by atoms with Crippen molar-refractivity contribution in [2.24, 2.45) is 11.7 Å². The number of aromatic hydroxyl groups is 1. The minimum Gasteiger partial charge on any atom is -0.504 e. The van der Waals surface area contributed by atoms with Gasteiger partial charge in [-0.3, -0.25) is 0 Å². The molecule has 2 rings (SSSR count). The van der Waals surface area contributed by atoms with Gasteiger partial charge in [-0.05, 0) is 36.9 Å². The molecule has 0 fully saturated rings. The first-order chi connectivity index (χ1) is 6.81. The second kappa shape index (κ2) is 3.88. The van der Waals surface area contributed by atoms with Crippen molar-refractivity contribution in [3.05, 3.63) is 23.8 Å². The number of para-hydroxylation sites is 1. The minimum atomic E-state index is 0.236. The molecule has 1 aliphatic rings. The lowest BCUT2D eigenvalue weighted by molar-refractivity contribution is 0.283. The van der Waals surface area contributed by atoms with Crippen LogP contribution in [0.5, 0.6) is 11.5 Å². The fourth-order valence-corrected chi connectivity index (χ4v) is 1.84. The second-order valence-electron chi connectivity index (χ2n) is 3.71. The Kier molecular flexibility index (Phi) is 2.59. The van der Waals surface area contributed by atoms with Crippen molar-refractivity contribution in [1.29, 1.82) is 0 Å². The van der Waals surface area contributed by atoms with Crippen LogP contribution in [-0.2, 0) is 6.42 Å². The first-order valence-electron chi connectivity index (χ1n) is 4.95. The van der Waals surface area contributed by atoms with Gasteiger partial charge < -0.3 is 15.6 Å². The molecule has 0 saturated heterocycles. The number of nitrogens with two attached hydrogens (primary N) is 1. The lowest BCUT2D eigenvalue weighted by atomic mass is 9.97. The molecular weight excluding hydrogens is 178 g/mol. The van der Waals surface area contributed by atoms with Crippen LogP contribution in [-0.4, -0.2) is 18.3 Å². The fraction of sp³-hybridized carbons (Fsp3) is 0.455. The largest absolute Gasteiger partial charge is 0.504 e. The lowest BCUT2D eigenvalue weighted by Gasteiger charge is -2.09. The van der Waals surface area contributed by atoms with E-state index in [2.05, 4.69) is 0 Å². The van der Waals surface area contributed by atoms with Crippen molar-refractivity contribution in [3.63, 3.8) is 0 Å². The van der Waals surface area contributed by atoms with E-state index in [-0.39, 0.29) is 5.75 Å². The number of phenols is 1. The Morgan fingerprint density at radius 1 is 1.50 bits per heavy atom. The Balaban J connectivity index is 2.32. The molecule has 0 amide bonds. The Labute approximate surface area is 83.5 Å². The predicted molar refractivity (Wildman–Crippen MR) is 54.5 cm³/mol. The zero-order chi connectivity index (χ0) is 9.97. The van der Waals surface area contributed by atoms with Crippen molar-refractivity contribution < 1.29 is 9.84 Å². The summed E-state index contributed by atoms with van der Waals surface area (Å²) in [4.78, 5) is 0. The first-order valence-corrected chi connectivity index (χ1v) is 4.95. The lowest BCUT2D eigenvalue weighted by Crippen LogP contribution is -2.17. The Bertz CT molecular complexity index is 325. The molecule has 1 heterocycles. The summed E-state index contributed by atoms with van der Waals surface area (Å²) < 4.78 is 5.51. The summed E-state index contributed by atoms with van der Waals surface area (Å²) in [6.45, 7) is 1.32. The van der Waals surface area contributed by atoms with E-state index in [1.807, 2.05) is 12.1 Å². The number of phenolic OH excluding ortho intramolecular Hbond substituents is 1. The Morgan fingerprint density at radius 2 is 2.36 bits per heavy atom. The Morgan fingerprint density at radius 3 is 3.14 bits per heavy atom. The molecule has 14 heavy (non-hydrogen) atoms. The number of hydrogen-bond acceptors (Lipinski definition) is 3. The summed E-state index contributed by atoms with van der Waals surface area (Å²) in [5, 5.41) is 9.58. The number of rotatable bonds is 1. The first kappa shape index (κ1) is 9.34. The summed E-state index contributed by atoms with van der Waals surface area (Å²) in [5.74, 6) is 1.35. The normalized spacial score (nSPS) is 20.8. The van der Waals surface area contributed by atoms with Gasteiger partial charge in [-0.2, -0.15) is 0 Å².